The minimum absolute atomic E-state index is 0.0960. The van der Waals surface area contributed by atoms with Gasteiger partial charge in [-0.05, 0) is 75.6 Å². The quantitative estimate of drug-likeness (QED) is 0.631. The van der Waals surface area contributed by atoms with Crippen LogP contribution in [0.1, 0.15) is 49.5 Å². The highest BCUT2D eigenvalue weighted by Crippen LogP contribution is 2.22. The van der Waals surface area contributed by atoms with Crippen LogP contribution in [0.4, 0.5) is 10.5 Å². The molecule has 7 nitrogen and oxygen atoms in total. The van der Waals surface area contributed by atoms with Crippen molar-refractivity contribution in [2.75, 3.05) is 25.5 Å². The summed E-state index contributed by atoms with van der Waals surface area (Å²) < 4.78 is 5.39. The number of hydrogen-bond donors (Lipinski definition) is 1. The smallest absolute Gasteiger partial charge is 0.410 e. The predicted molar refractivity (Wildman–Crippen MR) is 133 cm³/mol. The number of carbonyl (C=O) groups is 3. The van der Waals surface area contributed by atoms with E-state index in [1.807, 2.05) is 45.0 Å². The molecule has 1 heterocycles. The number of carbonyl (C=O) groups excluding carboxylic acids is 3. The first kappa shape index (κ1) is 25.6. The first-order valence-corrected chi connectivity index (χ1v) is 11.8. The lowest BCUT2D eigenvalue weighted by atomic mass is 9.96. The number of benzene rings is 2. The van der Waals surface area contributed by atoms with E-state index in [1.165, 1.54) is 4.90 Å². The van der Waals surface area contributed by atoms with E-state index in [0.29, 0.717) is 35.9 Å². The van der Waals surface area contributed by atoms with Crippen LogP contribution in [0, 0.1) is 5.92 Å². The zero-order valence-corrected chi connectivity index (χ0v) is 20.9. The maximum atomic E-state index is 13.0. The summed E-state index contributed by atoms with van der Waals surface area (Å²) in [6, 6.07) is 14.2. The SMILES string of the molecule is CN(Cc1cccc(NC(=O)C2CCCN(C(=O)c3ccc(Cl)cc3)C2)c1)C(=O)OC(C)(C)C. The van der Waals surface area contributed by atoms with Crippen molar-refractivity contribution in [3.8, 4) is 0 Å². The number of hydrogen-bond acceptors (Lipinski definition) is 4. The molecule has 1 N–H and O–H groups in total. The molecular weight excluding hydrogens is 454 g/mol. The molecular formula is C26H32ClN3O4. The van der Waals surface area contributed by atoms with E-state index in [0.717, 1.165) is 18.4 Å². The van der Waals surface area contributed by atoms with E-state index in [-0.39, 0.29) is 17.7 Å². The fraction of sp³-hybridized carbons (Fsp3) is 0.423. The van der Waals surface area contributed by atoms with Crippen LogP contribution in [0.5, 0.6) is 0 Å². The second-order valence-corrected chi connectivity index (χ2v) is 10.1. The van der Waals surface area contributed by atoms with Gasteiger partial charge in [0.25, 0.3) is 5.91 Å². The van der Waals surface area contributed by atoms with Crippen LogP contribution in [0.15, 0.2) is 48.5 Å². The normalized spacial score (nSPS) is 16.0. The average Bonchev–Trinajstić information content (AvgIpc) is 2.78. The zero-order valence-electron chi connectivity index (χ0n) is 20.1. The molecule has 1 fully saturated rings. The number of anilines is 1. The molecule has 0 spiro atoms. The van der Waals surface area contributed by atoms with Gasteiger partial charge in [-0.2, -0.15) is 0 Å². The molecule has 3 rings (SSSR count). The van der Waals surface area contributed by atoms with E-state index >= 15 is 0 Å². The van der Waals surface area contributed by atoms with Gasteiger partial charge in [0.2, 0.25) is 5.91 Å². The van der Waals surface area contributed by atoms with Crippen LogP contribution in [0.2, 0.25) is 5.02 Å². The number of ether oxygens (including phenoxy) is 1. The number of nitrogens with one attached hydrogen (secondary N) is 1. The lowest BCUT2D eigenvalue weighted by Crippen LogP contribution is -2.43. The van der Waals surface area contributed by atoms with Gasteiger partial charge < -0.3 is 19.9 Å². The average molecular weight is 486 g/mol. The molecule has 3 amide bonds. The highest BCUT2D eigenvalue weighted by Gasteiger charge is 2.29. The Morgan fingerprint density at radius 2 is 1.85 bits per heavy atom. The lowest BCUT2D eigenvalue weighted by molar-refractivity contribution is -0.121. The van der Waals surface area contributed by atoms with Gasteiger partial charge in [-0.1, -0.05) is 23.7 Å². The standard InChI is InChI=1S/C26H32ClN3O4/c1-26(2,3)34-25(33)29(4)16-18-7-5-9-22(15-18)28-23(31)20-8-6-14-30(17-20)24(32)19-10-12-21(27)13-11-19/h5,7,9-13,15,20H,6,8,14,16-17H2,1-4H3,(H,28,31). The van der Waals surface area contributed by atoms with Crippen molar-refractivity contribution in [1.82, 2.24) is 9.80 Å². The monoisotopic (exact) mass is 485 g/mol. The van der Waals surface area contributed by atoms with Gasteiger partial charge in [0, 0.05) is 43.0 Å². The summed E-state index contributed by atoms with van der Waals surface area (Å²) in [6.07, 6.45) is 1.07. The molecule has 8 heteroatoms. The molecule has 182 valence electrons. The van der Waals surface area contributed by atoms with Gasteiger partial charge in [0.05, 0.1) is 5.92 Å². The number of amides is 3. The summed E-state index contributed by atoms with van der Waals surface area (Å²) in [6.45, 7) is 6.82. The van der Waals surface area contributed by atoms with E-state index in [2.05, 4.69) is 5.32 Å². The fourth-order valence-corrected chi connectivity index (χ4v) is 3.95. The van der Waals surface area contributed by atoms with Crippen LogP contribution < -0.4 is 5.32 Å². The Morgan fingerprint density at radius 3 is 2.53 bits per heavy atom. The van der Waals surface area contributed by atoms with E-state index in [4.69, 9.17) is 16.3 Å². The molecule has 0 aromatic heterocycles. The molecule has 0 bridgehead atoms. The van der Waals surface area contributed by atoms with Crippen molar-refractivity contribution in [3.63, 3.8) is 0 Å². The molecule has 0 aliphatic carbocycles. The summed E-state index contributed by atoms with van der Waals surface area (Å²) in [4.78, 5) is 41.3. The van der Waals surface area contributed by atoms with E-state index < -0.39 is 11.7 Å². The predicted octanol–water partition coefficient (Wildman–Crippen LogP) is 5.20. The van der Waals surface area contributed by atoms with Gasteiger partial charge in [0.15, 0.2) is 0 Å². The summed E-state index contributed by atoms with van der Waals surface area (Å²) >= 11 is 5.92. The van der Waals surface area contributed by atoms with Gasteiger partial charge in [0.1, 0.15) is 5.60 Å². The zero-order chi connectivity index (χ0) is 24.9. The van der Waals surface area contributed by atoms with Crippen LogP contribution in [0.3, 0.4) is 0 Å². The van der Waals surface area contributed by atoms with Crippen molar-refractivity contribution < 1.29 is 19.1 Å². The minimum atomic E-state index is -0.565. The Labute approximate surface area is 206 Å². The fourth-order valence-electron chi connectivity index (χ4n) is 3.82. The molecule has 1 aliphatic heterocycles. The number of piperidine rings is 1. The van der Waals surface area contributed by atoms with Crippen LogP contribution >= 0.6 is 11.6 Å². The van der Waals surface area contributed by atoms with Crippen LogP contribution in [0.25, 0.3) is 0 Å². The number of rotatable bonds is 5. The Kier molecular flexibility index (Phi) is 8.20. The molecule has 1 unspecified atom stereocenters. The van der Waals surface area contributed by atoms with Crippen molar-refractivity contribution in [2.45, 2.75) is 45.8 Å². The molecule has 1 saturated heterocycles. The topological polar surface area (TPSA) is 79.0 Å². The van der Waals surface area contributed by atoms with Crippen molar-refractivity contribution >= 4 is 35.2 Å². The molecule has 34 heavy (non-hydrogen) atoms. The summed E-state index contributed by atoms with van der Waals surface area (Å²) in [7, 11) is 1.67. The lowest BCUT2D eigenvalue weighted by Gasteiger charge is -2.32. The van der Waals surface area contributed by atoms with Crippen LogP contribution in [-0.2, 0) is 16.1 Å². The molecule has 0 saturated carbocycles. The number of nitrogens with zero attached hydrogens (tertiary/aromatic N) is 2. The second kappa shape index (κ2) is 10.9. The van der Waals surface area contributed by atoms with Gasteiger partial charge in [-0.25, -0.2) is 4.79 Å². The molecule has 1 atom stereocenters. The third-order valence-corrected chi connectivity index (χ3v) is 5.74. The van der Waals surface area contributed by atoms with Crippen molar-refractivity contribution in [3.05, 3.63) is 64.7 Å². The Bertz CT molecular complexity index is 1030. The third kappa shape index (κ3) is 7.22. The van der Waals surface area contributed by atoms with Crippen LogP contribution in [-0.4, -0.2) is 53.4 Å². The van der Waals surface area contributed by atoms with Crippen molar-refractivity contribution in [1.29, 1.82) is 0 Å². The minimum Gasteiger partial charge on any atom is -0.444 e. The molecule has 2 aromatic rings. The molecule has 0 radical (unpaired) electrons. The summed E-state index contributed by atoms with van der Waals surface area (Å²) in [5.74, 6) is -0.509. The first-order valence-electron chi connectivity index (χ1n) is 11.4. The first-order chi connectivity index (χ1) is 16.0. The van der Waals surface area contributed by atoms with E-state index in [9.17, 15) is 14.4 Å². The second-order valence-electron chi connectivity index (χ2n) is 9.62. The maximum Gasteiger partial charge on any atom is 0.410 e. The highest BCUT2D eigenvalue weighted by molar-refractivity contribution is 6.30. The molecule has 1 aliphatic rings. The number of likely N-dealkylation sites (tertiary alicyclic amines) is 1. The maximum absolute atomic E-state index is 13.0. The van der Waals surface area contributed by atoms with Crippen molar-refractivity contribution in [2.24, 2.45) is 5.92 Å². The third-order valence-electron chi connectivity index (χ3n) is 5.49. The number of halogens is 1. The Hall–Kier alpha value is -3.06. The Morgan fingerprint density at radius 1 is 1.15 bits per heavy atom. The van der Waals surface area contributed by atoms with Gasteiger partial charge >= 0.3 is 6.09 Å². The largest absolute Gasteiger partial charge is 0.444 e. The highest BCUT2D eigenvalue weighted by atomic mass is 35.5. The summed E-state index contributed by atoms with van der Waals surface area (Å²) in [5, 5.41) is 3.55. The Balaban J connectivity index is 1.59. The summed E-state index contributed by atoms with van der Waals surface area (Å²) in [5.41, 5.74) is 1.52. The molecule has 2 aromatic carbocycles. The van der Waals surface area contributed by atoms with E-state index in [1.54, 1.807) is 36.2 Å². The van der Waals surface area contributed by atoms with Gasteiger partial charge in [-0.3, -0.25) is 9.59 Å². The van der Waals surface area contributed by atoms with Gasteiger partial charge in [-0.15, -0.1) is 0 Å².